The van der Waals surface area contributed by atoms with Crippen LogP contribution < -0.4 is 10.2 Å². The van der Waals surface area contributed by atoms with Crippen LogP contribution in [-0.4, -0.2) is 38.0 Å². The Hall–Kier alpha value is -2.18. The van der Waals surface area contributed by atoms with E-state index in [4.69, 9.17) is 4.74 Å². The molecule has 3 rings (SSSR count). The molecule has 1 N–H and O–H groups in total. The lowest BCUT2D eigenvalue weighted by atomic mass is 10.2. The number of nitrogens with one attached hydrogen (secondary N) is 1. The monoisotopic (exact) mass is 344 g/mol. The van der Waals surface area contributed by atoms with E-state index in [9.17, 15) is 9.59 Å². The van der Waals surface area contributed by atoms with Crippen LogP contribution in [0, 0.1) is 0 Å². The number of rotatable bonds is 6. The van der Waals surface area contributed by atoms with Gasteiger partial charge in [0.25, 0.3) is 0 Å². The normalized spacial score (nSPS) is 14.4. The first-order valence-corrected chi connectivity index (χ1v) is 8.89. The Bertz CT molecular complexity index is 677. The van der Waals surface area contributed by atoms with Crippen LogP contribution >= 0.6 is 11.3 Å². The van der Waals surface area contributed by atoms with Gasteiger partial charge in [0.2, 0.25) is 5.91 Å². The molecule has 1 aliphatic heterocycles. The molecule has 1 fully saturated rings. The van der Waals surface area contributed by atoms with Crippen molar-refractivity contribution in [2.45, 2.75) is 12.8 Å². The SMILES string of the molecule is O=C(CCC(=O)c1cccs1)Nc1ccc(N2CCOCC2)cc1. The molecule has 0 aliphatic carbocycles. The van der Waals surface area contributed by atoms with Gasteiger partial charge in [-0.1, -0.05) is 6.07 Å². The van der Waals surface area contributed by atoms with Crippen molar-refractivity contribution in [1.82, 2.24) is 0 Å². The van der Waals surface area contributed by atoms with Crippen molar-refractivity contribution < 1.29 is 14.3 Å². The lowest BCUT2D eigenvalue weighted by Crippen LogP contribution is -2.36. The number of Topliss-reactive ketones (excluding diaryl/α,β-unsaturated/α-hetero) is 1. The summed E-state index contributed by atoms with van der Waals surface area (Å²) in [5, 5.41) is 4.71. The minimum absolute atomic E-state index is 0.0165. The maximum Gasteiger partial charge on any atom is 0.224 e. The van der Waals surface area contributed by atoms with Crippen LogP contribution in [0.4, 0.5) is 11.4 Å². The number of carbonyl (C=O) groups excluding carboxylic acids is 2. The van der Waals surface area contributed by atoms with Crippen LogP contribution in [0.1, 0.15) is 22.5 Å². The fraction of sp³-hybridized carbons (Fsp3) is 0.333. The number of carbonyl (C=O) groups is 2. The van der Waals surface area contributed by atoms with Gasteiger partial charge in [0.1, 0.15) is 0 Å². The Morgan fingerprint density at radius 1 is 1.08 bits per heavy atom. The quantitative estimate of drug-likeness (QED) is 0.818. The highest BCUT2D eigenvalue weighted by molar-refractivity contribution is 7.12. The number of anilines is 2. The van der Waals surface area contributed by atoms with E-state index in [1.165, 1.54) is 11.3 Å². The van der Waals surface area contributed by atoms with Gasteiger partial charge >= 0.3 is 0 Å². The van der Waals surface area contributed by atoms with Crippen LogP contribution in [0.15, 0.2) is 41.8 Å². The summed E-state index contributed by atoms with van der Waals surface area (Å²) in [6, 6.07) is 11.4. The average molecular weight is 344 g/mol. The zero-order valence-electron chi connectivity index (χ0n) is 13.4. The molecule has 1 amide bonds. The molecule has 0 radical (unpaired) electrons. The Balaban J connectivity index is 1.48. The van der Waals surface area contributed by atoms with Gasteiger partial charge in [-0.05, 0) is 35.7 Å². The van der Waals surface area contributed by atoms with Crippen molar-refractivity contribution in [3.05, 3.63) is 46.7 Å². The van der Waals surface area contributed by atoms with E-state index in [0.717, 1.165) is 37.7 Å². The first-order chi connectivity index (χ1) is 11.7. The standard InChI is InChI=1S/C18H20N2O3S/c21-16(17-2-1-13-24-17)7-8-18(22)19-14-3-5-15(6-4-14)20-9-11-23-12-10-20/h1-6,13H,7-12H2,(H,19,22). The highest BCUT2D eigenvalue weighted by Crippen LogP contribution is 2.19. The van der Waals surface area contributed by atoms with Crippen LogP contribution in [0.5, 0.6) is 0 Å². The molecule has 1 saturated heterocycles. The summed E-state index contributed by atoms with van der Waals surface area (Å²) in [5.74, 6) is -0.123. The molecule has 1 aliphatic rings. The summed E-state index contributed by atoms with van der Waals surface area (Å²) in [6.45, 7) is 3.26. The summed E-state index contributed by atoms with van der Waals surface area (Å²) in [6.07, 6.45) is 0.431. The summed E-state index contributed by atoms with van der Waals surface area (Å²) < 4.78 is 5.35. The lowest BCUT2D eigenvalue weighted by molar-refractivity contribution is -0.116. The van der Waals surface area contributed by atoms with Crippen molar-refractivity contribution in [1.29, 1.82) is 0 Å². The number of ether oxygens (including phenoxy) is 1. The molecular formula is C18H20N2O3S. The molecular weight excluding hydrogens is 324 g/mol. The number of hydrogen-bond donors (Lipinski definition) is 1. The molecule has 0 atom stereocenters. The molecule has 0 saturated carbocycles. The number of benzene rings is 1. The predicted octanol–water partition coefficient (Wildman–Crippen LogP) is 3.19. The van der Waals surface area contributed by atoms with E-state index < -0.39 is 0 Å². The van der Waals surface area contributed by atoms with Crippen molar-refractivity contribution in [3.63, 3.8) is 0 Å². The van der Waals surface area contributed by atoms with Gasteiger partial charge < -0.3 is 15.0 Å². The van der Waals surface area contributed by atoms with Crippen molar-refractivity contribution in [2.75, 3.05) is 36.5 Å². The van der Waals surface area contributed by atoms with Gasteiger partial charge in [0.05, 0.1) is 18.1 Å². The second-order valence-electron chi connectivity index (χ2n) is 5.59. The van der Waals surface area contributed by atoms with Gasteiger partial charge in [-0.25, -0.2) is 0 Å². The Labute approximate surface area is 145 Å². The Morgan fingerprint density at radius 3 is 2.50 bits per heavy atom. The molecule has 0 spiro atoms. The van der Waals surface area contributed by atoms with Gasteiger partial charge in [0.15, 0.2) is 5.78 Å². The molecule has 2 aromatic rings. The molecule has 6 heteroatoms. The zero-order chi connectivity index (χ0) is 16.8. The highest BCUT2D eigenvalue weighted by Gasteiger charge is 2.12. The van der Waals surface area contributed by atoms with E-state index in [2.05, 4.69) is 10.2 Å². The molecule has 0 bridgehead atoms. The van der Waals surface area contributed by atoms with E-state index >= 15 is 0 Å². The predicted molar refractivity (Wildman–Crippen MR) is 96.0 cm³/mol. The van der Waals surface area contributed by atoms with Crippen LogP contribution in [0.2, 0.25) is 0 Å². The third kappa shape index (κ3) is 4.43. The van der Waals surface area contributed by atoms with Crippen molar-refractivity contribution >= 4 is 34.4 Å². The maximum atomic E-state index is 12.0. The molecule has 5 nitrogen and oxygen atoms in total. The largest absolute Gasteiger partial charge is 0.378 e. The number of nitrogens with zero attached hydrogens (tertiary/aromatic N) is 1. The zero-order valence-corrected chi connectivity index (χ0v) is 14.2. The van der Waals surface area contributed by atoms with Crippen LogP contribution in [0.25, 0.3) is 0 Å². The van der Waals surface area contributed by atoms with Crippen LogP contribution in [-0.2, 0) is 9.53 Å². The van der Waals surface area contributed by atoms with Crippen LogP contribution in [0.3, 0.4) is 0 Å². The molecule has 1 aromatic heterocycles. The molecule has 24 heavy (non-hydrogen) atoms. The fourth-order valence-corrected chi connectivity index (χ4v) is 3.28. The fourth-order valence-electron chi connectivity index (χ4n) is 2.59. The molecule has 0 unspecified atom stereocenters. The number of thiophene rings is 1. The molecule has 2 heterocycles. The first-order valence-electron chi connectivity index (χ1n) is 8.02. The first kappa shape index (κ1) is 16.7. The third-order valence-electron chi connectivity index (χ3n) is 3.90. The summed E-state index contributed by atoms with van der Waals surface area (Å²) in [5.41, 5.74) is 1.88. The Morgan fingerprint density at radius 2 is 1.83 bits per heavy atom. The Kier molecular flexibility index (Phi) is 5.61. The van der Waals surface area contributed by atoms with Crippen molar-refractivity contribution in [2.24, 2.45) is 0 Å². The summed E-state index contributed by atoms with van der Waals surface area (Å²) >= 11 is 1.41. The van der Waals surface area contributed by atoms with Crippen molar-refractivity contribution in [3.8, 4) is 0 Å². The second kappa shape index (κ2) is 8.08. The summed E-state index contributed by atoms with van der Waals surface area (Å²) in [4.78, 5) is 26.8. The van der Waals surface area contributed by atoms with Gasteiger partial charge in [-0.2, -0.15) is 0 Å². The van der Waals surface area contributed by atoms with E-state index in [-0.39, 0.29) is 24.5 Å². The molecule has 126 valence electrons. The summed E-state index contributed by atoms with van der Waals surface area (Å²) in [7, 11) is 0. The maximum absolute atomic E-state index is 12.0. The number of amides is 1. The highest BCUT2D eigenvalue weighted by atomic mass is 32.1. The lowest BCUT2D eigenvalue weighted by Gasteiger charge is -2.28. The average Bonchev–Trinajstić information content (AvgIpc) is 3.16. The smallest absolute Gasteiger partial charge is 0.224 e. The molecule has 1 aromatic carbocycles. The third-order valence-corrected chi connectivity index (χ3v) is 4.81. The van der Waals surface area contributed by atoms with Gasteiger partial charge in [-0.15, -0.1) is 11.3 Å². The minimum atomic E-state index is -0.140. The van der Waals surface area contributed by atoms with Gasteiger partial charge in [0, 0.05) is 37.3 Å². The topological polar surface area (TPSA) is 58.6 Å². The minimum Gasteiger partial charge on any atom is -0.378 e. The van der Waals surface area contributed by atoms with E-state index in [0.29, 0.717) is 4.88 Å². The van der Waals surface area contributed by atoms with E-state index in [1.807, 2.05) is 35.7 Å². The number of ketones is 1. The second-order valence-corrected chi connectivity index (χ2v) is 6.54. The van der Waals surface area contributed by atoms with E-state index in [1.54, 1.807) is 6.07 Å². The number of morpholine rings is 1. The number of hydrogen-bond acceptors (Lipinski definition) is 5. The van der Waals surface area contributed by atoms with Gasteiger partial charge in [-0.3, -0.25) is 9.59 Å².